The molecule has 0 amide bonds. The Morgan fingerprint density at radius 3 is 1.52 bits per heavy atom. The van der Waals surface area contributed by atoms with Crippen LogP contribution in [0.5, 0.6) is 0 Å². The zero-order chi connectivity index (χ0) is 21.3. The van der Waals surface area contributed by atoms with Crippen LogP contribution in [0.15, 0.2) is 24.3 Å². The number of unbranched alkanes of at least 4 members (excludes halogenated alkanes) is 2. The third kappa shape index (κ3) is 5.31. The zero-order valence-electron chi connectivity index (χ0n) is 18.1. The Morgan fingerprint density at radius 2 is 1.17 bits per heavy atom. The van der Waals surface area contributed by atoms with E-state index in [9.17, 15) is 9.59 Å². The lowest BCUT2D eigenvalue weighted by atomic mass is 9.76. The van der Waals surface area contributed by atoms with Crippen molar-refractivity contribution in [1.82, 2.24) is 9.97 Å². The van der Waals surface area contributed by atoms with Crippen LogP contribution in [0.4, 0.5) is 0 Å². The third-order valence-electron chi connectivity index (χ3n) is 5.51. The maximum Gasteiger partial charge on any atom is 0.354 e. The number of carbonyl (C=O) groups excluding carboxylic acids is 2. The molecule has 2 aromatic heterocycles. The molecule has 0 radical (unpaired) electrons. The van der Waals surface area contributed by atoms with Gasteiger partial charge in [-0.1, -0.05) is 40.5 Å². The molecule has 2 heterocycles. The smallest absolute Gasteiger partial charge is 0.354 e. The molecule has 0 saturated heterocycles. The summed E-state index contributed by atoms with van der Waals surface area (Å²) >= 11 is 0. The Kier molecular flexibility index (Phi) is 8.55. The van der Waals surface area contributed by atoms with Crippen LogP contribution in [0, 0.1) is 0 Å². The SMILES string of the molecule is CCCCOC(=O)c1ccc(C(CC)(CC)c2ccc(C(=O)OCCCC)[nH]2)[nH]1. The summed E-state index contributed by atoms with van der Waals surface area (Å²) in [6, 6.07) is 7.41. The first kappa shape index (κ1) is 22.8. The van der Waals surface area contributed by atoms with Crippen molar-refractivity contribution in [2.45, 2.75) is 71.6 Å². The number of aromatic amines is 2. The minimum atomic E-state index is -0.357. The molecule has 0 fully saturated rings. The normalized spacial score (nSPS) is 11.4. The maximum absolute atomic E-state index is 12.3. The minimum absolute atomic E-state index is 0.336. The van der Waals surface area contributed by atoms with E-state index < -0.39 is 0 Å². The van der Waals surface area contributed by atoms with Crippen LogP contribution in [0.25, 0.3) is 0 Å². The summed E-state index contributed by atoms with van der Waals surface area (Å²) in [7, 11) is 0. The number of carbonyl (C=O) groups is 2. The second kappa shape index (κ2) is 10.9. The average Bonchev–Trinajstić information content (AvgIpc) is 3.41. The van der Waals surface area contributed by atoms with Crippen molar-refractivity contribution in [2.75, 3.05) is 13.2 Å². The van der Waals surface area contributed by atoms with Crippen molar-refractivity contribution in [3.05, 3.63) is 47.0 Å². The Balaban J connectivity index is 2.22. The molecule has 2 N–H and O–H groups in total. The Bertz CT molecular complexity index is 724. The highest BCUT2D eigenvalue weighted by molar-refractivity contribution is 5.88. The molecule has 29 heavy (non-hydrogen) atoms. The van der Waals surface area contributed by atoms with E-state index in [0.717, 1.165) is 49.9 Å². The van der Waals surface area contributed by atoms with E-state index in [-0.39, 0.29) is 17.4 Å². The van der Waals surface area contributed by atoms with Crippen LogP contribution < -0.4 is 0 Å². The highest BCUT2D eigenvalue weighted by Gasteiger charge is 2.34. The van der Waals surface area contributed by atoms with Crippen molar-refractivity contribution in [2.24, 2.45) is 0 Å². The summed E-state index contributed by atoms with van der Waals surface area (Å²) in [5.74, 6) is -0.671. The molecule has 0 aromatic carbocycles. The van der Waals surface area contributed by atoms with Gasteiger partial charge in [0.05, 0.1) is 13.2 Å². The topological polar surface area (TPSA) is 84.2 Å². The maximum atomic E-state index is 12.3. The lowest BCUT2D eigenvalue weighted by Gasteiger charge is -2.30. The molecular weight excluding hydrogens is 368 g/mol. The van der Waals surface area contributed by atoms with Crippen LogP contribution in [0.1, 0.15) is 98.6 Å². The van der Waals surface area contributed by atoms with Gasteiger partial charge >= 0.3 is 11.9 Å². The van der Waals surface area contributed by atoms with Gasteiger partial charge in [-0.25, -0.2) is 9.59 Å². The van der Waals surface area contributed by atoms with E-state index in [0.29, 0.717) is 24.6 Å². The summed E-state index contributed by atoms with van der Waals surface area (Å²) in [5.41, 5.74) is 2.40. The first-order chi connectivity index (χ1) is 14.0. The molecule has 2 rings (SSSR count). The number of esters is 2. The molecule has 0 unspecified atom stereocenters. The van der Waals surface area contributed by atoms with Gasteiger partial charge in [0.15, 0.2) is 0 Å². The zero-order valence-corrected chi connectivity index (χ0v) is 18.1. The summed E-state index contributed by atoms with van der Waals surface area (Å²) < 4.78 is 10.6. The average molecular weight is 403 g/mol. The molecule has 0 aliphatic rings. The number of ether oxygens (including phenoxy) is 2. The molecule has 2 aromatic rings. The minimum Gasteiger partial charge on any atom is -0.461 e. The van der Waals surface area contributed by atoms with Gasteiger partial charge in [-0.05, 0) is 49.9 Å². The summed E-state index contributed by atoms with van der Waals surface area (Å²) in [5, 5.41) is 0. The first-order valence-electron chi connectivity index (χ1n) is 10.8. The number of hydrogen-bond acceptors (Lipinski definition) is 4. The van der Waals surface area contributed by atoms with Gasteiger partial charge in [-0.15, -0.1) is 0 Å². The van der Waals surface area contributed by atoms with Crippen molar-refractivity contribution in [3.8, 4) is 0 Å². The van der Waals surface area contributed by atoms with E-state index in [4.69, 9.17) is 9.47 Å². The van der Waals surface area contributed by atoms with Crippen molar-refractivity contribution < 1.29 is 19.1 Å². The first-order valence-corrected chi connectivity index (χ1v) is 10.8. The molecular formula is C23H34N2O4. The number of nitrogens with one attached hydrogen (secondary N) is 2. The molecule has 0 aliphatic carbocycles. The lowest BCUT2D eigenvalue weighted by Crippen LogP contribution is -2.27. The third-order valence-corrected chi connectivity index (χ3v) is 5.51. The Labute approximate surface area is 173 Å². The molecule has 0 bridgehead atoms. The summed E-state index contributed by atoms with van der Waals surface area (Å²) in [6.45, 7) is 9.17. The van der Waals surface area contributed by atoms with E-state index >= 15 is 0 Å². The second-order valence-electron chi connectivity index (χ2n) is 7.34. The van der Waals surface area contributed by atoms with Crippen LogP contribution in [0.2, 0.25) is 0 Å². The molecule has 160 valence electrons. The van der Waals surface area contributed by atoms with Crippen LogP contribution in [-0.4, -0.2) is 35.1 Å². The fourth-order valence-corrected chi connectivity index (χ4v) is 3.52. The predicted octanol–water partition coefficient (Wildman–Crippen LogP) is 5.36. The summed E-state index contributed by atoms with van der Waals surface area (Å²) in [6.07, 6.45) is 5.28. The highest BCUT2D eigenvalue weighted by Crippen LogP contribution is 2.38. The number of rotatable bonds is 12. The second-order valence-corrected chi connectivity index (χ2v) is 7.34. The van der Waals surface area contributed by atoms with Crippen LogP contribution in [0.3, 0.4) is 0 Å². The molecule has 6 heteroatoms. The number of H-pyrrole nitrogens is 2. The largest absolute Gasteiger partial charge is 0.461 e. The van der Waals surface area contributed by atoms with Gasteiger partial charge < -0.3 is 19.4 Å². The van der Waals surface area contributed by atoms with E-state index in [1.54, 1.807) is 12.1 Å². The van der Waals surface area contributed by atoms with Gasteiger partial charge in [0.2, 0.25) is 0 Å². The Hall–Kier alpha value is -2.50. The number of aromatic nitrogens is 2. The fraction of sp³-hybridized carbons (Fsp3) is 0.565. The molecule has 0 atom stereocenters. The quantitative estimate of drug-likeness (QED) is 0.370. The van der Waals surface area contributed by atoms with Gasteiger partial charge in [0.25, 0.3) is 0 Å². The van der Waals surface area contributed by atoms with Crippen molar-refractivity contribution in [3.63, 3.8) is 0 Å². The fourth-order valence-electron chi connectivity index (χ4n) is 3.52. The van der Waals surface area contributed by atoms with E-state index in [1.165, 1.54) is 0 Å². The summed E-state index contributed by atoms with van der Waals surface area (Å²) in [4.78, 5) is 31.0. The van der Waals surface area contributed by atoms with Crippen LogP contribution in [-0.2, 0) is 14.9 Å². The van der Waals surface area contributed by atoms with E-state index in [2.05, 4.69) is 37.7 Å². The molecule has 0 spiro atoms. The van der Waals surface area contributed by atoms with Crippen molar-refractivity contribution >= 4 is 11.9 Å². The molecule has 6 nitrogen and oxygen atoms in total. The van der Waals surface area contributed by atoms with Gasteiger partial charge in [-0.2, -0.15) is 0 Å². The van der Waals surface area contributed by atoms with E-state index in [1.807, 2.05) is 12.1 Å². The Morgan fingerprint density at radius 1 is 0.759 bits per heavy atom. The van der Waals surface area contributed by atoms with Crippen LogP contribution >= 0.6 is 0 Å². The van der Waals surface area contributed by atoms with Crippen molar-refractivity contribution in [1.29, 1.82) is 0 Å². The van der Waals surface area contributed by atoms with Gasteiger partial charge in [0.1, 0.15) is 11.4 Å². The molecule has 0 saturated carbocycles. The lowest BCUT2D eigenvalue weighted by molar-refractivity contribution is 0.0484. The highest BCUT2D eigenvalue weighted by atomic mass is 16.5. The van der Waals surface area contributed by atoms with Gasteiger partial charge in [0, 0.05) is 16.8 Å². The molecule has 0 aliphatic heterocycles. The number of hydrogen-bond donors (Lipinski definition) is 2. The predicted molar refractivity (Wildman–Crippen MR) is 113 cm³/mol. The monoisotopic (exact) mass is 402 g/mol. The standard InChI is InChI=1S/C23H34N2O4/c1-5-9-15-28-21(26)17-11-13-19(24-17)23(7-3,8-4)20-14-12-18(25-20)22(27)29-16-10-6-2/h11-14,24-25H,5-10,15-16H2,1-4H3. The van der Waals surface area contributed by atoms with Gasteiger partial charge in [-0.3, -0.25) is 0 Å².